The Balaban J connectivity index is 2.05. The highest BCUT2D eigenvalue weighted by atomic mass is 35.5. The minimum atomic E-state index is 0.0772. The Morgan fingerprint density at radius 1 is 1.35 bits per heavy atom. The Labute approximate surface area is 106 Å². The Morgan fingerprint density at radius 3 is 2.82 bits per heavy atom. The third kappa shape index (κ3) is 1.73. The molecule has 0 bridgehead atoms. The van der Waals surface area contributed by atoms with E-state index in [1.807, 2.05) is 6.07 Å². The topological polar surface area (TPSA) is 44.5 Å². The SMILES string of the molecule is NCC1(c2cc3c(cc2Cl)COCO3)CCC1. The molecule has 1 fully saturated rings. The molecule has 0 amide bonds. The number of hydrogen-bond acceptors (Lipinski definition) is 3. The molecule has 2 N–H and O–H groups in total. The van der Waals surface area contributed by atoms with E-state index in [0.29, 0.717) is 19.9 Å². The van der Waals surface area contributed by atoms with Crippen LogP contribution < -0.4 is 10.5 Å². The molecular weight excluding hydrogens is 238 g/mol. The van der Waals surface area contributed by atoms with E-state index in [1.54, 1.807) is 0 Å². The molecule has 1 aromatic rings. The number of nitrogens with two attached hydrogens (primary N) is 1. The first-order valence-corrected chi connectivity index (χ1v) is 6.36. The maximum atomic E-state index is 6.37. The van der Waals surface area contributed by atoms with Crippen molar-refractivity contribution in [1.82, 2.24) is 0 Å². The van der Waals surface area contributed by atoms with Gasteiger partial charge in [0.05, 0.1) is 6.61 Å². The summed E-state index contributed by atoms with van der Waals surface area (Å²) in [4.78, 5) is 0. The average Bonchev–Trinajstić information content (AvgIpc) is 2.29. The molecular formula is C13H16ClNO2. The van der Waals surface area contributed by atoms with Crippen LogP contribution in [0.2, 0.25) is 5.02 Å². The lowest BCUT2D eigenvalue weighted by molar-refractivity contribution is -0.0165. The van der Waals surface area contributed by atoms with Gasteiger partial charge in [-0.25, -0.2) is 0 Å². The molecule has 3 nitrogen and oxygen atoms in total. The van der Waals surface area contributed by atoms with E-state index in [9.17, 15) is 0 Å². The molecule has 1 aromatic carbocycles. The van der Waals surface area contributed by atoms with E-state index in [0.717, 1.165) is 34.7 Å². The van der Waals surface area contributed by atoms with E-state index in [1.165, 1.54) is 6.42 Å². The number of ether oxygens (including phenoxy) is 2. The van der Waals surface area contributed by atoms with Crippen molar-refractivity contribution in [2.75, 3.05) is 13.3 Å². The van der Waals surface area contributed by atoms with Crippen LogP contribution in [0.15, 0.2) is 12.1 Å². The zero-order valence-electron chi connectivity index (χ0n) is 9.67. The summed E-state index contributed by atoms with van der Waals surface area (Å²) < 4.78 is 10.7. The Bertz CT molecular complexity index is 438. The van der Waals surface area contributed by atoms with Gasteiger partial charge in [0, 0.05) is 22.5 Å². The largest absolute Gasteiger partial charge is 0.467 e. The first kappa shape index (κ1) is 11.3. The van der Waals surface area contributed by atoms with Crippen LogP contribution in [0.4, 0.5) is 0 Å². The molecule has 1 aliphatic carbocycles. The smallest absolute Gasteiger partial charge is 0.189 e. The summed E-state index contributed by atoms with van der Waals surface area (Å²) >= 11 is 6.37. The lowest BCUT2D eigenvalue weighted by atomic mass is 9.64. The quantitative estimate of drug-likeness (QED) is 0.881. The van der Waals surface area contributed by atoms with Gasteiger partial charge in [-0.05, 0) is 30.5 Å². The highest BCUT2D eigenvalue weighted by Crippen LogP contribution is 2.47. The lowest BCUT2D eigenvalue weighted by Gasteiger charge is -2.42. The van der Waals surface area contributed by atoms with Crippen LogP contribution in [-0.2, 0) is 16.8 Å². The molecule has 17 heavy (non-hydrogen) atoms. The van der Waals surface area contributed by atoms with Crippen LogP contribution >= 0.6 is 11.6 Å². The predicted molar refractivity (Wildman–Crippen MR) is 66.3 cm³/mol. The molecule has 1 aliphatic heterocycles. The van der Waals surface area contributed by atoms with Gasteiger partial charge in [-0.15, -0.1) is 0 Å². The summed E-state index contributed by atoms with van der Waals surface area (Å²) in [7, 11) is 0. The van der Waals surface area contributed by atoms with Crippen molar-refractivity contribution >= 4 is 11.6 Å². The molecule has 0 unspecified atom stereocenters. The van der Waals surface area contributed by atoms with Crippen LogP contribution in [0.25, 0.3) is 0 Å². The number of fused-ring (bicyclic) bond motifs is 1. The minimum Gasteiger partial charge on any atom is -0.467 e. The summed E-state index contributed by atoms with van der Waals surface area (Å²) in [5, 5.41) is 0.794. The lowest BCUT2D eigenvalue weighted by Crippen LogP contribution is -2.41. The fraction of sp³-hybridized carbons (Fsp3) is 0.538. The Kier molecular flexibility index (Phi) is 2.77. The number of benzene rings is 1. The van der Waals surface area contributed by atoms with Crippen LogP contribution in [0.1, 0.15) is 30.4 Å². The van der Waals surface area contributed by atoms with E-state index >= 15 is 0 Å². The van der Waals surface area contributed by atoms with Crippen molar-refractivity contribution in [3.8, 4) is 5.75 Å². The number of rotatable bonds is 2. The molecule has 92 valence electrons. The summed E-state index contributed by atoms with van der Waals surface area (Å²) in [6.07, 6.45) is 3.48. The molecule has 0 saturated heterocycles. The Morgan fingerprint density at radius 2 is 2.18 bits per heavy atom. The van der Waals surface area contributed by atoms with Gasteiger partial charge < -0.3 is 15.2 Å². The number of hydrogen-bond donors (Lipinski definition) is 1. The summed E-state index contributed by atoms with van der Waals surface area (Å²) in [6.45, 7) is 1.55. The first-order chi connectivity index (χ1) is 8.25. The van der Waals surface area contributed by atoms with Crippen molar-refractivity contribution in [1.29, 1.82) is 0 Å². The van der Waals surface area contributed by atoms with Gasteiger partial charge >= 0.3 is 0 Å². The molecule has 4 heteroatoms. The highest BCUT2D eigenvalue weighted by Gasteiger charge is 2.39. The first-order valence-electron chi connectivity index (χ1n) is 5.99. The van der Waals surface area contributed by atoms with Gasteiger partial charge in [-0.1, -0.05) is 18.0 Å². The van der Waals surface area contributed by atoms with Crippen LogP contribution in [0.5, 0.6) is 5.75 Å². The van der Waals surface area contributed by atoms with Gasteiger partial charge in [0.2, 0.25) is 0 Å². The molecule has 0 radical (unpaired) electrons. The maximum absolute atomic E-state index is 6.37. The van der Waals surface area contributed by atoms with E-state index in [2.05, 4.69) is 6.07 Å². The zero-order valence-corrected chi connectivity index (χ0v) is 10.4. The van der Waals surface area contributed by atoms with Crippen LogP contribution in [-0.4, -0.2) is 13.3 Å². The molecule has 0 atom stereocenters. The standard InChI is InChI=1S/C13H16ClNO2/c14-11-4-9-6-16-8-17-12(9)5-10(11)13(7-15)2-1-3-13/h4-5H,1-3,6-8,15H2. The number of halogens is 1. The second kappa shape index (κ2) is 4.16. The van der Waals surface area contributed by atoms with Crippen molar-refractivity contribution in [2.45, 2.75) is 31.3 Å². The van der Waals surface area contributed by atoms with Crippen molar-refractivity contribution in [3.05, 3.63) is 28.3 Å². The molecule has 0 aromatic heterocycles. The fourth-order valence-corrected chi connectivity index (χ4v) is 3.08. The van der Waals surface area contributed by atoms with Gasteiger partial charge in [0.1, 0.15) is 5.75 Å². The van der Waals surface area contributed by atoms with Gasteiger partial charge in [-0.3, -0.25) is 0 Å². The summed E-state index contributed by atoms with van der Waals surface area (Å²) in [5.41, 5.74) is 8.17. The maximum Gasteiger partial charge on any atom is 0.189 e. The molecule has 1 heterocycles. The van der Waals surface area contributed by atoms with Gasteiger partial charge in [-0.2, -0.15) is 0 Å². The van der Waals surface area contributed by atoms with Crippen molar-refractivity contribution in [3.63, 3.8) is 0 Å². The summed E-state index contributed by atoms with van der Waals surface area (Å²) in [6, 6.07) is 4.02. The van der Waals surface area contributed by atoms with Gasteiger partial charge in [0.25, 0.3) is 0 Å². The normalized spacial score (nSPS) is 21.3. The van der Waals surface area contributed by atoms with Crippen molar-refractivity contribution in [2.24, 2.45) is 5.73 Å². The predicted octanol–water partition coefficient (Wildman–Crippen LogP) is 2.59. The second-order valence-corrected chi connectivity index (χ2v) is 5.30. The van der Waals surface area contributed by atoms with Gasteiger partial charge in [0.15, 0.2) is 6.79 Å². The average molecular weight is 254 g/mol. The van der Waals surface area contributed by atoms with E-state index < -0.39 is 0 Å². The monoisotopic (exact) mass is 253 g/mol. The molecule has 1 saturated carbocycles. The van der Waals surface area contributed by atoms with Crippen LogP contribution in [0, 0.1) is 0 Å². The molecule has 3 rings (SSSR count). The third-order valence-corrected chi connectivity index (χ3v) is 4.29. The second-order valence-electron chi connectivity index (χ2n) is 4.89. The highest BCUT2D eigenvalue weighted by molar-refractivity contribution is 6.31. The molecule has 2 aliphatic rings. The Hall–Kier alpha value is -0.770. The third-order valence-electron chi connectivity index (χ3n) is 3.98. The van der Waals surface area contributed by atoms with E-state index in [4.69, 9.17) is 26.8 Å². The summed E-state index contributed by atoms with van der Waals surface area (Å²) in [5.74, 6) is 0.898. The minimum absolute atomic E-state index is 0.0772. The van der Waals surface area contributed by atoms with Crippen LogP contribution in [0.3, 0.4) is 0 Å². The molecule has 0 spiro atoms. The zero-order chi connectivity index (χ0) is 11.9. The fourth-order valence-electron chi connectivity index (χ4n) is 2.69. The van der Waals surface area contributed by atoms with Crippen molar-refractivity contribution < 1.29 is 9.47 Å². The van der Waals surface area contributed by atoms with E-state index in [-0.39, 0.29) is 5.41 Å².